The van der Waals surface area contributed by atoms with E-state index in [0.717, 1.165) is 17.2 Å². The highest BCUT2D eigenvalue weighted by Crippen LogP contribution is 2.35. The van der Waals surface area contributed by atoms with Crippen molar-refractivity contribution < 1.29 is 17.9 Å². The molecule has 0 fully saturated rings. The Morgan fingerprint density at radius 1 is 1.05 bits per heavy atom. The zero-order chi connectivity index (χ0) is 14.9. The minimum absolute atomic E-state index is 0.0495. The Hall–Kier alpha value is -1.49. The molecular weight excluding hydrogens is 333 g/mol. The third-order valence-corrected chi connectivity index (χ3v) is 4.07. The molecule has 0 saturated carbocycles. The Kier molecular flexibility index (Phi) is 4.38. The average molecular weight is 345 g/mol. The number of halogens is 4. The van der Waals surface area contributed by atoms with E-state index in [-0.39, 0.29) is 5.56 Å². The van der Waals surface area contributed by atoms with Gasteiger partial charge in [-0.3, -0.25) is 0 Å². The Morgan fingerprint density at radius 3 is 2.35 bits per heavy atom. The first kappa shape index (κ1) is 14.9. The fourth-order valence-electron chi connectivity index (χ4n) is 1.98. The summed E-state index contributed by atoms with van der Waals surface area (Å²) in [6, 6.07) is 7.44. The molecule has 1 unspecified atom stereocenters. The summed E-state index contributed by atoms with van der Waals surface area (Å²) in [5, 5.41) is 0. The van der Waals surface area contributed by atoms with Crippen molar-refractivity contribution in [1.82, 2.24) is 0 Å². The number of methoxy groups -OCH3 is 1. The number of hydrogen-bond acceptors (Lipinski definition) is 1. The molecule has 0 saturated heterocycles. The zero-order valence-corrected chi connectivity index (χ0v) is 12.5. The van der Waals surface area contributed by atoms with E-state index >= 15 is 0 Å². The molecule has 2 aromatic carbocycles. The van der Waals surface area contributed by atoms with Gasteiger partial charge < -0.3 is 4.74 Å². The van der Waals surface area contributed by atoms with Gasteiger partial charge in [0.2, 0.25) is 0 Å². The largest absolute Gasteiger partial charge is 0.496 e. The van der Waals surface area contributed by atoms with Gasteiger partial charge in [-0.1, -0.05) is 34.1 Å². The summed E-state index contributed by atoms with van der Waals surface area (Å²) in [4.78, 5) is -0.567. The molecule has 0 aliphatic rings. The smallest absolute Gasteiger partial charge is 0.194 e. The van der Waals surface area contributed by atoms with E-state index in [9.17, 15) is 13.2 Å². The van der Waals surface area contributed by atoms with Crippen LogP contribution in [0, 0.1) is 24.4 Å². The predicted molar refractivity (Wildman–Crippen MR) is 74.8 cm³/mol. The van der Waals surface area contributed by atoms with Gasteiger partial charge in [0.25, 0.3) is 0 Å². The fraction of sp³-hybridized carbons (Fsp3) is 0.200. The van der Waals surface area contributed by atoms with Crippen LogP contribution in [0.3, 0.4) is 0 Å². The summed E-state index contributed by atoms with van der Waals surface area (Å²) in [5.41, 5.74) is 1.65. The molecule has 1 nitrogen and oxygen atoms in total. The Labute approximate surface area is 123 Å². The van der Waals surface area contributed by atoms with Crippen LogP contribution in [0.1, 0.15) is 21.5 Å². The van der Waals surface area contributed by atoms with E-state index in [2.05, 4.69) is 15.9 Å². The van der Waals surface area contributed by atoms with Crippen LogP contribution in [-0.2, 0) is 0 Å². The van der Waals surface area contributed by atoms with Crippen molar-refractivity contribution in [3.8, 4) is 5.75 Å². The van der Waals surface area contributed by atoms with E-state index in [1.807, 2.05) is 6.92 Å². The molecule has 2 rings (SSSR count). The standard InChI is InChI=1S/C15H12BrF3O/c1-8-7-9(3-6-12(8)20-2)13(16)10-4-5-11(17)15(19)14(10)18/h3-7,13H,1-2H3. The molecule has 0 aliphatic carbocycles. The molecular formula is C15H12BrF3O. The second-order valence-electron chi connectivity index (χ2n) is 4.36. The first-order chi connectivity index (χ1) is 9.45. The third-order valence-electron chi connectivity index (χ3n) is 3.05. The van der Waals surface area contributed by atoms with Gasteiger partial charge in [-0.25, -0.2) is 13.2 Å². The average Bonchev–Trinajstić information content (AvgIpc) is 2.44. The minimum Gasteiger partial charge on any atom is -0.496 e. The van der Waals surface area contributed by atoms with Crippen molar-refractivity contribution >= 4 is 15.9 Å². The molecule has 0 spiro atoms. The molecule has 0 N–H and O–H groups in total. The number of rotatable bonds is 3. The topological polar surface area (TPSA) is 9.23 Å². The number of benzene rings is 2. The number of aryl methyl sites for hydroxylation is 1. The molecule has 5 heteroatoms. The maximum absolute atomic E-state index is 13.8. The number of hydrogen-bond donors (Lipinski definition) is 0. The van der Waals surface area contributed by atoms with Crippen LogP contribution < -0.4 is 4.74 Å². The highest BCUT2D eigenvalue weighted by molar-refractivity contribution is 9.09. The molecule has 0 aliphatic heterocycles. The lowest BCUT2D eigenvalue weighted by Gasteiger charge is -2.14. The van der Waals surface area contributed by atoms with Crippen LogP contribution in [0.25, 0.3) is 0 Å². The lowest BCUT2D eigenvalue weighted by atomic mass is 10.0. The summed E-state index contributed by atoms with van der Waals surface area (Å²) in [6.07, 6.45) is 0. The quantitative estimate of drug-likeness (QED) is 0.568. The van der Waals surface area contributed by atoms with Crippen molar-refractivity contribution in [3.05, 3.63) is 64.5 Å². The zero-order valence-electron chi connectivity index (χ0n) is 10.9. The van der Waals surface area contributed by atoms with Gasteiger partial charge in [-0.15, -0.1) is 0 Å². The van der Waals surface area contributed by atoms with Gasteiger partial charge in [0.1, 0.15) is 5.75 Å². The van der Waals surface area contributed by atoms with E-state index in [1.165, 1.54) is 6.07 Å². The van der Waals surface area contributed by atoms with Crippen molar-refractivity contribution in [1.29, 1.82) is 0 Å². The van der Waals surface area contributed by atoms with Crippen LogP contribution in [0.15, 0.2) is 30.3 Å². The van der Waals surface area contributed by atoms with Crippen molar-refractivity contribution in [3.63, 3.8) is 0 Å². The SMILES string of the molecule is COc1ccc(C(Br)c2ccc(F)c(F)c2F)cc1C. The van der Waals surface area contributed by atoms with Crippen molar-refractivity contribution in [2.75, 3.05) is 7.11 Å². The highest BCUT2D eigenvalue weighted by atomic mass is 79.9. The van der Waals surface area contributed by atoms with Crippen LogP contribution in [0.4, 0.5) is 13.2 Å². The van der Waals surface area contributed by atoms with Crippen LogP contribution in [-0.4, -0.2) is 7.11 Å². The first-order valence-corrected chi connectivity index (χ1v) is 6.79. The highest BCUT2D eigenvalue weighted by Gasteiger charge is 2.20. The van der Waals surface area contributed by atoms with Gasteiger partial charge in [-0.05, 0) is 30.2 Å². The predicted octanol–water partition coefficient (Wildman–Crippen LogP) is 4.91. The van der Waals surface area contributed by atoms with E-state index < -0.39 is 22.3 Å². The summed E-state index contributed by atoms with van der Waals surface area (Å²) in [6.45, 7) is 1.85. The molecule has 0 heterocycles. The van der Waals surface area contributed by atoms with Gasteiger partial charge in [0.15, 0.2) is 17.5 Å². The monoisotopic (exact) mass is 344 g/mol. The summed E-state index contributed by atoms with van der Waals surface area (Å²) in [5.74, 6) is -3.13. The summed E-state index contributed by atoms with van der Waals surface area (Å²) >= 11 is 3.31. The maximum Gasteiger partial charge on any atom is 0.194 e. The molecule has 0 amide bonds. The van der Waals surface area contributed by atoms with E-state index in [4.69, 9.17) is 4.74 Å². The van der Waals surface area contributed by atoms with E-state index in [1.54, 1.807) is 25.3 Å². The molecule has 1 atom stereocenters. The molecule has 0 radical (unpaired) electrons. The second-order valence-corrected chi connectivity index (χ2v) is 5.27. The summed E-state index contributed by atoms with van der Waals surface area (Å²) < 4.78 is 45.1. The molecule has 0 bridgehead atoms. The van der Waals surface area contributed by atoms with Crippen molar-refractivity contribution in [2.24, 2.45) is 0 Å². The van der Waals surface area contributed by atoms with Crippen LogP contribution in [0.2, 0.25) is 0 Å². The summed E-state index contributed by atoms with van der Waals surface area (Å²) in [7, 11) is 1.56. The van der Waals surface area contributed by atoms with Crippen molar-refractivity contribution in [2.45, 2.75) is 11.8 Å². The van der Waals surface area contributed by atoms with Crippen LogP contribution in [0.5, 0.6) is 5.75 Å². The lowest BCUT2D eigenvalue weighted by Crippen LogP contribution is -2.02. The van der Waals surface area contributed by atoms with Gasteiger partial charge in [0.05, 0.1) is 11.9 Å². The van der Waals surface area contributed by atoms with E-state index in [0.29, 0.717) is 5.75 Å². The molecule has 106 valence electrons. The fourth-order valence-corrected chi connectivity index (χ4v) is 2.61. The number of ether oxygens (including phenoxy) is 1. The van der Waals surface area contributed by atoms with Crippen LogP contribution >= 0.6 is 15.9 Å². The molecule has 2 aromatic rings. The molecule has 0 aromatic heterocycles. The third kappa shape index (κ3) is 2.68. The van der Waals surface area contributed by atoms with Gasteiger partial charge in [0, 0.05) is 5.56 Å². The van der Waals surface area contributed by atoms with Gasteiger partial charge >= 0.3 is 0 Å². The number of alkyl halides is 1. The van der Waals surface area contributed by atoms with Gasteiger partial charge in [-0.2, -0.15) is 0 Å². The Balaban J connectivity index is 2.44. The minimum atomic E-state index is -1.46. The Bertz CT molecular complexity index is 643. The normalized spacial score (nSPS) is 12.3. The second kappa shape index (κ2) is 5.87. The molecule has 20 heavy (non-hydrogen) atoms. The lowest BCUT2D eigenvalue weighted by molar-refractivity contribution is 0.411. The maximum atomic E-state index is 13.8. The Morgan fingerprint density at radius 2 is 1.75 bits per heavy atom. The first-order valence-electron chi connectivity index (χ1n) is 5.87.